The third-order valence-corrected chi connectivity index (χ3v) is 3.26. The topological polar surface area (TPSA) is 92.2 Å². The zero-order valence-electron chi connectivity index (χ0n) is 11.2. The highest BCUT2D eigenvalue weighted by atomic mass is 16.4. The van der Waals surface area contributed by atoms with E-state index in [2.05, 4.69) is 12.0 Å². The van der Waals surface area contributed by atoms with E-state index in [0.29, 0.717) is 11.1 Å². The number of aryl methyl sites for hydroxylation is 1. The molecule has 2 aromatic rings. The van der Waals surface area contributed by atoms with Gasteiger partial charge in [-0.05, 0) is 24.5 Å². The highest BCUT2D eigenvalue weighted by Gasteiger charge is 2.14. The molecule has 0 fully saturated rings. The van der Waals surface area contributed by atoms with Gasteiger partial charge in [-0.25, -0.2) is 4.79 Å². The minimum Gasteiger partial charge on any atom is -0.463 e. The fourth-order valence-corrected chi connectivity index (χ4v) is 2.29. The van der Waals surface area contributed by atoms with Crippen LogP contribution in [0.3, 0.4) is 0 Å². The molecule has 0 atom stereocenters. The Bertz CT molecular complexity index is 758. The molecular formula is C14H16N2O4. The first kappa shape index (κ1) is 14.0. The second-order valence-electron chi connectivity index (χ2n) is 4.66. The predicted molar refractivity (Wildman–Crippen MR) is 75.5 cm³/mol. The van der Waals surface area contributed by atoms with Gasteiger partial charge in [0, 0.05) is 0 Å². The molecule has 0 aliphatic heterocycles. The van der Waals surface area contributed by atoms with E-state index in [-0.39, 0.29) is 10.9 Å². The van der Waals surface area contributed by atoms with Crippen LogP contribution in [0.1, 0.15) is 31.7 Å². The van der Waals surface area contributed by atoms with Crippen LogP contribution in [0.5, 0.6) is 0 Å². The summed E-state index contributed by atoms with van der Waals surface area (Å²) in [5.74, 6) is 0. The lowest BCUT2D eigenvalue weighted by atomic mass is 10.0. The van der Waals surface area contributed by atoms with Crippen LogP contribution in [0.2, 0.25) is 0 Å². The molecule has 0 unspecified atom stereocenters. The summed E-state index contributed by atoms with van der Waals surface area (Å²) in [5, 5.41) is 11.4. The van der Waals surface area contributed by atoms with Gasteiger partial charge in [0.25, 0.3) is 5.43 Å². The van der Waals surface area contributed by atoms with Crippen molar-refractivity contribution in [2.24, 2.45) is 0 Å². The summed E-state index contributed by atoms with van der Waals surface area (Å²) >= 11 is 0. The first-order valence-electron chi connectivity index (χ1n) is 6.56. The van der Waals surface area contributed by atoms with Crippen molar-refractivity contribution >= 4 is 17.0 Å². The van der Waals surface area contributed by atoms with Crippen molar-refractivity contribution in [1.29, 1.82) is 0 Å². The van der Waals surface area contributed by atoms with Gasteiger partial charge in [-0.3, -0.25) is 14.7 Å². The van der Waals surface area contributed by atoms with Gasteiger partial charge in [0.2, 0.25) is 0 Å². The summed E-state index contributed by atoms with van der Waals surface area (Å²) in [6.45, 7) is 2.07. The zero-order chi connectivity index (χ0) is 14.7. The molecule has 2 N–H and O–H groups in total. The van der Waals surface area contributed by atoms with Crippen LogP contribution in [0.25, 0.3) is 10.9 Å². The summed E-state index contributed by atoms with van der Waals surface area (Å²) in [7, 11) is 0. The number of hydrogen-bond donors (Lipinski definition) is 2. The molecule has 1 heterocycles. The molecule has 0 amide bonds. The highest BCUT2D eigenvalue weighted by molar-refractivity contribution is 5.88. The van der Waals surface area contributed by atoms with Crippen molar-refractivity contribution in [2.45, 2.75) is 32.6 Å². The van der Waals surface area contributed by atoms with Gasteiger partial charge in [0.1, 0.15) is 0 Å². The Hall–Kier alpha value is -2.37. The van der Waals surface area contributed by atoms with E-state index < -0.39 is 17.1 Å². The van der Waals surface area contributed by atoms with Gasteiger partial charge in [-0.15, -0.1) is 0 Å². The minimum absolute atomic E-state index is 0.203. The Kier molecular flexibility index (Phi) is 4.02. The molecule has 0 aliphatic carbocycles. The number of fused-ring (bicyclic) bond motifs is 1. The SMILES string of the molecule is CCCCCc1cccc2c1c(=O)c(=O)[nH]n2C(=O)O. The molecule has 20 heavy (non-hydrogen) atoms. The number of rotatable bonds is 4. The number of nitrogens with zero attached hydrogens (tertiary/aromatic N) is 1. The molecule has 6 heteroatoms. The molecule has 0 spiro atoms. The average Bonchev–Trinajstić information content (AvgIpc) is 2.42. The molecule has 1 aromatic carbocycles. The Morgan fingerprint density at radius 2 is 2.05 bits per heavy atom. The smallest absolute Gasteiger partial charge is 0.431 e. The second-order valence-corrected chi connectivity index (χ2v) is 4.66. The Morgan fingerprint density at radius 1 is 1.30 bits per heavy atom. The number of nitrogens with one attached hydrogen (secondary N) is 1. The van der Waals surface area contributed by atoms with Gasteiger partial charge in [-0.1, -0.05) is 31.9 Å². The summed E-state index contributed by atoms with van der Waals surface area (Å²) in [5.41, 5.74) is -0.648. The lowest BCUT2D eigenvalue weighted by Gasteiger charge is -2.09. The highest BCUT2D eigenvalue weighted by Crippen LogP contribution is 2.16. The Balaban J connectivity index is 2.69. The van der Waals surface area contributed by atoms with Gasteiger partial charge in [0.05, 0.1) is 10.9 Å². The van der Waals surface area contributed by atoms with Crippen molar-refractivity contribution in [3.63, 3.8) is 0 Å². The number of hydrogen-bond acceptors (Lipinski definition) is 3. The zero-order valence-corrected chi connectivity index (χ0v) is 11.2. The monoisotopic (exact) mass is 276 g/mol. The largest absolute Gasteiger partial charge is 0.463 e. The van der Waals surface area contributed by atoms with Crippen LogP contribution in [0, 0.1) is 0 Å². The summed E-state index contributed by atoms with van der Waals surface area (Å²) < 4.78 is 0.697. The Morgan fingerprint density at radius 3 is 2.70 bits per heavy atom. The molecule has 0 aliphatic rings. The quantitative estimate of drug-likeness (QED) is 0.659. The number of aromatic amines is 1. The third kappa shape index (κ3) is 2.49. The number of aromatic nitrogens is 2. The third-order valence-electron chi connectivity index (χ3n) is 3.26. The van der Waals surface area contributed by atoms with E-state index >= 15 is 0 Å². The lowest BCUT2D eigenvalue weighted by Crippen LogP contribution is -2.34. The van der Waals surface area contributed by atoms with Crippen molar-refractivity contribution in [2.75, 3.05) is 0 Å². The van der Waals surface area contributed by atoms with Crippen molar-refractivity contribution in [1.82, 2.24) is 9.78 Å². The molecule has 0 saturated heterocycles. The predicted octanol–water partition coefficient (Wildman–Crippen LogP) is 1.95. The summed E-state index contributed by atoms with van der Waals surface area (Å²) in [4.78, 5) is 34.7. The van der Waals surface area contributed by atoms with Gasteiger partial charge in [0.15, 0.2) is 0 Å². The maximum absolute atomic E-state index is 12.0. The van der Waals surface area contributed by atoms with Crippen molar-refractivity contribution in [3.8, 4) is 0 Å². The first-order valence-corrected chi connectivity index (χ1v) is 6.56. The maximum Gasteiger partial charge on any atom is 0.431 e. The molecule has 0 saturated carbocycles. The maximum atomic E-state index is 12.0. The fraction of sp³-hybridized carbons (Fsp3) is 0.357. The van der Waals surface area contributed by atoms with E-state index in [0.717, 1.165) is 24.8 Å². The molecule has 106 valence electrons. The molecule has 6 nitrogen and oxygen atoms in total. The number of unbranched alkanes of at least 4 members (excludes halogenated alkanes) is 2. The van der Waals surface area contributed by atoms with E-state index in [9.17, 15) is 14.4 Å². The van der Waals surface area contributed by atoms with Gasteiger partial charge < -0.3 is 5.11 Å². The average molecular weight is 276 g/mol. The van der Waals surface area contributed by atoms with Gasteiger partial charge in [-0.2, -0.15) is 4.68 Å². The van der Waals surface area contributed by atoms with Gasteiger partial charge >= 0.3 is 11.7 Å². The number of carboxylic acid groups (broad SMARTS) is 1. The van der Waals surface area contributed by atoms with Crippen LogP contribution in [0.15, 0.2) is 27.8 Å². The molecular weight excluding hydrogens is 260 g/mol. The Labute approximate surface area is 114 Å². The molecule has 1 aromatic heterocycles. The number of H-pyrrole nitrogens is 1. The van der Waals surface area contributed by atoms with Crippen molar-refractivity contribution in [3.05, 3.63) is 44.3 Å². The molecule has 0 radical (unpaired) electrons. The van der Waals surface area contributed by atoms with E-state index in [1.807, 2.05) is 0 Å². The fourth-order valence-electron chi connectivity index (χ4n) is 2.29. The normalized spacial score (nSPS) is 10.8. The summed E-state index contributed by atoms with van der Waals surface area (Å²) in [6, 6.07) is 4.98. The van der Waals surface area contributed by atoms with Crippen LogP contribution in [-0.4, -0.2) is 21.0 Å². The lowest BCUT2D eigenvalue weighted by molar-refractivity contribution is 0.193. The second kappa shape index (κ2) is 5.73. The minimum atomic E-state index is -1.32. The molecule has 0 bridgehead atoms. The standard InChI is InChI=1S/C14H16N2O4/c1-2-3-4-6-9-7-5-8-10-11(9)12(17)13(18)15-16(10)14(19)20/h5,7-8H,2-4,6H2,1H3,(H,15,18)(H,19,20). The number of carbonyl (C=O) groups is 1. The van der Waals surface area contributed by atoms with Crippen LogP contribution in [0.4, 0.5) is 4.79 Å². The van der Waals surface area contributed by atoms with Crippen LogP contribution in [-0.2, 0) is 6.42 Å². The number of benzene rings is 1. The van der Waals surface area contributed by atoms with Crippen molar-refractivity contribution < 1.29 is 9.90 Å². The van der Waals surface area contributed by atoms with Crippen LogP contribution >= 0.6 is 0 Å². The van der Waals surface area contributed by atoms with E-state index in [4.69, 9.17) is 5.11 Å². The molecule has 2 rings (SSSR count). The first-order chi connectivity index (χ1) is 9.56. The summed E-state index contributed by atoms with van der Waals surface area (Å²) in [6.07, 6.45) is 2.30. The van der Waals surface area contributed by atoms with E-state index in [1.165, 1.54) is 6.07 Å². The van der Waals surface area contributed by atoms with E-state index in [1.54, 1.807) is 12.1 Å². The van der Waals surface area contributed by atoms with Crippen LogP contribution < -0.4 is 11.0 Å².